The summed E-state index contributed by atoms with van der Waals surface area (Å²) in [6.45, 7) is 6.95. The van der Waals surface area contributed by atoms with Crippen molar-refractivity contribution < 1.29 is 13.2 Å². The quantitative estimate of drug-likeness (QED) is 0.772. The van der Waals surface area contributed by atoms with Crippen LogP contribution in [0.15, 0.2) is 0 Å². The second-order valence-electron chi connectivity index (χ2n) is 5.10. The first-order valence-corrected chi connectivity index (χ1v) is 5.24. The molecule has 90 valence electrons. The molecular formula is C10H19F3N2. The van der Waals surface area contributed by atoms with Crippen molar-refractivity contribution >= 4 is 0 Å². The van der Waals surface area contributed by atoms with E-state index in [9.17, 15) is 13.2 Å². The van der Waals surface area contributed by atoms with Gasteiger partial charge in [0.15, 0.2) is 0 Å². The molecule has 1 rings (SSSR count). The highest BCUT2D eigenvalue weighted by Gasteiger charge is 2.33. The van der Waals surface area contributed by atoms with Gasteiger partial charge in [0.2, 0.25) is 0 Å². The van der Waals surface area contributed by atoms with Crippen LogP contribution >= 0.6 is 0 Å². The molecule has 1 aliphatic heterocycles. The molecule has 0 aromatic rings. The highest BCUT2D eigenvalue weighted by atomic mass is 19.4. The Morgan fingerprint density at radius 3 is 2.27 bits per heavy atom. The summed E-state index contributed by atoms with van der Waals surface area (Å²) in [7, 11) is 0. The van der Waals surface area contributed by atoms with Gasteiger partial charge in [0, 0.05) is 24.7 Å². The standard InChI is InChI=1S/C10H19F3N2/c1-9(2,3)15-5-4-8(6-15)14-7-10(11,12)13/h8,14H,4-7H2,1-3H3. The molecule has 0 saturated carbocycles. The lowest BCUT2D eigenvalue weighted by atomic mass is 10.1. The van der Waals surface area contributed by atoms with Gasteiger partial charge in [-0.05, 0) is 27.2 Å². The van der Waals surface area contributed by atoms with Gasteiger partial charge < -0.3 is 5.32 Å². The lowest BCUT2D eigenvalue weighted by Gasteiger charge is -2.31. The third-order valence-corrected chi connectivity index (χ3v) is 2.73. The predicted octanol–water partition coefficient (Wildman–Crippen LogP) is 2.01. The predicted molar refractivity (Wildman–Crippen MR) is 53.8 cm³/mol. The van der Waals surface area contributed by atoms with Crippen molar-refractivity contribution in [3.63, 3.8) is 0 Å². The highest BCUT2D eigenvalue weighted by molar-refractivity contribution is 4.88. The normalized spacial score (nSPS) is 24.8. The van der Waals surface area contributed by atoms with Crippen molar-refractivity contribution in [1.29, 1.82) is 0 Å². The molecule has 0 spiro atoms. The van der Waals surface area contributed by atoms with Crippen molar-refractivity contribution in [2.24, 2.45) is 0 Å². The summed E-state index contributed by atoms with van der Waals surface area (Å²) in [5.41, 5.74) is 0.0503. The number of nitrogens with zero attached hydrogens (tertiary/aromatic N) is 1. The Hall–Kier alpha value is -0.290. The van der Waals surface area contributed by atoms with E-state index < -0.39 is 12.7 Å². The molecule has 0 aromatic heterocycles. The Labute approximate surface area is 88.8 Å². The lowest BCUT2D eigenvalue weighted by molar-refractivity contribution is -0.126. The van der Waals surface area contributed by atoms with Crippen LogP contribution in [0.4, 0.5) is 13.2 Å². The van der Waals surface area contributed by atoms with E-state index in [4.69, 9.17) is 0 Å². The van der Waals surface area contributed by atoms with Crippen LogP contribution in [0.5, 0.6) is 0 Å². The molecule has 1 atom stereocenters. The number of hydrogen-bond donors (Lipinski definition) is 1. The van der Waals surface area contributed by atoms with Crippen LogP contribution < -0.4 is 5.32 Å². The lowest BCUT2D eigenvalue weighted by Crippen LogP contribution is -2.43. The number of likely N-dealkylation sites (tertiary alicyclic amines) is 1. The van der Waals surface area contributed by atoms with Gasteiger partial charge in [0.05, 0.1) is 6.54 Å². The zero-order chi connectivity index (χ0) is 11.7. The fraction of sp³-hybridized carbons (Fsp3) is 1.00. The third-order valence-electron chi connectivity index (χ3n) is 2.73. The Morgan fingerprint density at radius 1 is 1.27 bits per heavy atom. The third kappa shape index (κ3) is 4.38. The number of alkyl halides is 3. The highest BCUT2D eigenvalue weighted by Crippen LogP contribution is 2.21. The maximum Gasteiger partial charge on any atom is 0.401 e. The van der Waals surface area contributed by atoms with Crippen LogP contribution in [-0.2, 0) is 0 Å². The largest absolute Gasteiger partial charge is 0.401 e. The van der Waals surface area contributed by atoms with E-state index in [0.29, 0.717) is 6.54 Å². The van der Waals surface area contributed by atoms with Crippen LogP contribution in [0.25, 0.3) is 0 Å². The molecule has 0 aliphatic carbocycles. The van der Waals surface area contributed by atoms with Gasteiger partial charge in [-0.3, -0.25) is 4.90 Å². The molecule has 5 heteroatoms. The first-order chi connectivity index (χ1) is 6.68. The molecule has 1 N–H and O–H groups in total. The van der Waals surface area contributed by atoms with Crippen LogP contribution in [0.2, 0.25) is 0 Å². The molecule has 0 amide bonds. The zero-order valence-electron chi connectivity index (χ0n) is 9.49. The Morgan fingerprint density at radius 2 is 1.87 bits per heavy atom. The van der Waals surface area contributed by atoms with Crippen molar-refractivity contribution in [1.82, 2.24) is 10.2 Å². The van der Waals surface area contributed by atoms with E-state index in [1.165, 1.54) is 0 Å². The van der Waals surface area contributed by atoms with Crippen LogP contribution in [0, 0.1) is 0 Å². The second kappa shape index (κ2) is 4.29. The monoisotopic (exact) mass is 224 g/mol. The first-order valence-electron chi connectivity index (χ1n) is 5.24. The van der Waals surface area contributed by atoms with E-state index in [-0.39, 0.29) is 11.6 Å². The van der Waals surface area contributed by atoms with Crippen molar-refractivity contribution in [2.75, 3.05) is 19.6 Å². The number of nitrogens with one attached hydrogen (secondary N) is 1. The summed E-state index contributed by atoms with van der Waals surface area (Å²) in [6.07, 6.45) is -3.30. The van der Waals surface area contributed by atoms with Crippen molar-refractivity contribution in [3.8, 4) is 0 Å². The molecule has 1 aliphatic rings. The van der Waals surface area contributed by atoms with E-state index in [0.717, 1.165) is 13.0 Å². The fourth-order valence-electron chi connectivity index (χ4n) is 1.80. The van der Waals surface area contributed by atoms with Gasteiger partial charge in [-0.2, -0.15) is 13.2 Å². The van der Waals surface area contributed by atoms with E-state index >= 15 is 0 Å². The van der Waals surface area contributed by atoms with E-state index in [1.807, 2.05) is 0 Å². The van der Waals surface area contributed by atoms with E-state index in [1.54, 1.807) is 0 Å². The maximum atomic E-state index is 12.0. The van der Waals surface area contributed by atoms with Crippen molar-refractivity contribution in [3.05, 3.63) is 0 Å². The minimum Gasteiger partial charge on any atom is -0.305 e. The minimum atomic E-state index is -4.10. The summed E-state index contributed by atoms with van der Waals surface area (Å²) < 4.78 is 35.9. The van der Waals surface area contributed by atoms with Crippen molar-refractivity contribution in [2.45, 2.75) is 44.9 Å². The molecule has 0 radical (unpaired) electrons. The summed E-state index contributed by atoms with van der Waals surface area (Å²) >= 11 is 0. The smallest absolute Gasteiger partial charge is 0.305 e. The van der Waals surface area contributed by atoms with Gasteiger partial charge in [0.1, 0.15) is 0 Å². The second-order valence-corrected chi connectivity index (χ2v) is 5.10. The molecule has 15 heavy (non-hydrogen) atoms. The number of rotatable bonds is 2. The Balaban J connectivity index is 2.31. The van der Waals surface area contributed by atoms with Crippen LogP contribution in [0.3, 0.4) is 0 Å². The molecule has 1 heterocycles. The van der Waals surface area contributed by atoms with Gasteiger partial charge >= 0.3 is 6.18 Å². The first kappa shape index (κ1) is 12.8. The van der Waals surface area contributed by atoms with E-state index in [2.05, 4.69) is 31.0 Å². The zero-order valence-corrected chi connectivity index (χ0v) is 9.49. The average Bonchev–Trinajstić information content (AvgIpc) is 2.45. The molecule has 2 nitrogen and oxygen atoms in total. The summed E-state index contributed by atoms with van der Waals surface area (Å²) in [5, 5.41) is 2.56. The molecule has 0 bridgehead atoms. The molecular weight excluding hydrogens is 205 g/mol. The maximum absolute atomic E-state index is 12.0. The summed E-state index contributed by atoms with van der Waals surface area (Å²) in [6, 6.07) is -0.0224. The molecule has 0 aromatic carbocycles. The number of halogens is 3. The minimum absolute atomic E-state index is 0.0224. The summed E-state index contributed by atoms with van der Waals surface area (Å²) in [5.74, 6) is 0. The molecule has 1 saturated heterocycles. The van der Waals surface area contributed by atoms with Gasteiger partial charge in [0.25, 0.3) is 0 Å². The van der Waals surface area contributed by atoms with Crippen LogP contribution in [0.1, 0.15) is 27.2 Å². The molecule has 1 fully saturated rings. The Kier molecular flexibility index (Phi) is 3.66. The summed E-state index contributed by atoms with van der Waals surface area (Å²) in [4.78, 5) is 2.21. The molecule has 1 unspecified atom stereocenters. The Bertz CT molecular complexity index is 208. The topological polar surface area (TPSA) is 15.3 Å². The van der Waals surface area contributed by atoms with Gasteiger partial charge in [-0.15, -0.1) is 0 Å². The van der Waals surface area contributed by atoms with Crippen LogP contribution in [-0.4, -0.2) is 42.3 Å². The SMILES string of the molecule is CC(C)(C)N1CCC(NCC(F)(F)F)C1. The van der Waals surface area contributed by atoms with Gasteiger partial charge in [-0.25, -0.2) is 0 Å². The van der Waals surface area contributed by atoms with Gasteiger partial charge in [-0.1, -0.05) is 0 Å². The fourth-order valence-corrected chi connectivity index (χ4v) is 1.80. The number of hydrogen-bond acceptors (Lipinski definition) is 2. The average molecular weight is 224 g/mol.